The average Bonchev–Trinajstić information content (AvgIpc) is 2.34. The van der Waals surface area contributed by atoms with Gasteiger partial charge in [-0.15, -0.1) is 0 Å². The van der Waals surface area contributed by atoms with Crippen molar-refractivity contribution in [3.05, 3.63) is 29.3 Å². The molecule has 0 fully saturated rings. The van der Waals surface area contributed by atoms with E-state index in [1.807, 2.05) is 12.1 Å². The number of benzene rings is 1. The fraction of sp³-hybridized carbons (Fsp3) is 0.600. The van der Waals surface area contributed by atoms with Crippen LogP contribution >= 0.6 is 0 Å². The van der Waals surface area contributed by atoms with Crippen LogP contribution in [-0.4, -0.2) is 13.3 Å². The third-order valence-corrected chi connectivity index (χ3v) is 2.76. The van der Waals surface area contributed by atoms with Crippen LogP contribution in [0.25, 0.3) is 0 Å². The van der Waals surface area contributed by atoms with Crippen LogP contribution < -0.4 is 4.74 Å². The minimum absolute atomic E-state index is 0.245. The van der Waals surface area contributed by atoms with E-state index < -0.39 is 0 Å². The third-order valence-electron chi connectivity index (χ3n) is 2.76. The molecule has 0 heterocycles. The smallest absolute Gasteiger partial charge is 0.122 e. The average molecular weight is 238 g/mol. The summed E-state index contributed by atoms with van der Waals surface area (Å²) in [4.78, 5) is 0. The highest BCUT2D eigenvalue weighted by atomic mass is 19.1. The highest BCUT2D eigenvalue weighted by Crippen LogP contribution is 2.28. The Morgan fingerprint density at radius 1 is 1.29 bits per heavy atom. The van der Waals surface area contributed by atoms with E-state index in [1.54, 1.807) is 0 Å². The lowest BCUT2D eigenvalue weighted by Gasteiger charge is -2.15. The molecule has 1 aromatic carbocycles. The van der Waals surface area contributed by atoms with Crippen molar-refractivity contribution in [3.63, 3.8) is 0 Å². The van der Waals surface area contributed by atoms with Gasteiger partial charge in [0.25, 0.3) is 0 Å². The zero-order valence-electron chi connectivity index (χ0n) is 11.1. The van der Waals surface area contributed by atoms with E-state index in [-0.39, 0.29) is 6.67 Å². The number of hydrogen-bond donors (Lipinski definition) is 0. The predicted octanol–water partition coefficient (Wildman–Crippen LogP) is 4.50. The first kappa shape index (κ1) is 14.0. The van der Waals surface area contributed by atoms with Crippen LogP contribution in [0.4, 0.5) is 4.39 Å². The largest absolute Gasteiger partial charge is 0.493 e. The van der Waals surface area contributed by atoms with Gasteiger partial charge in [0.1, 0.15) is 5.75 Å². The molecular weight excluding hydrogens is 215 g/mol. The highest BCUT2D eigenvalue weighted by Gasteiger charge is 2.08. The summed E-state index contributed by atoms with van der Waals surface area (Å²) >= 11 is 0. The van der Waals surface area contributed by atoms with E-state index in [1.165, 1.54) is 11.1 Å². The number of ether oxygens (including phenoxy) is 1. The van der Waals surface area contributed by atoms with E-state index in [0.717, 1.165) is 25.2 Å². The van der Waals surface area contributed by atoms with E-state index >= 15 is 0 Å². The zero-order valence-corrected chi connectivity index (χ0v) is 11.1. The van der Waals surface area contributed by atoms with Crippen LogP contribution in [0.1, 0.15) is 50.7 Å². The summed E-state index contributed by atoms with van der Waals surface area (Å²) in [6.07, 6.45) is 2.43. The molecule has 0 atom stereocenters. The molecule has 1 rings (SSSR count). The molecule has 0 spiro atoms. The van der Waals surface area contributed by atoms with Crippen LogP contribution in [-0.2, 0) is 6.42 Å². The molecule has 1 aromatic rings. The van der Waals surface area contributed by atoms with Gasteiger partial charge in [-0.3, -0.25) is 4.39 Å². The Balaban J connectivity index is 2.83. The van der Waals surface area contributed by atoms with Gasteiger partial charge in [-0.05, 0) is 42.4 Å². The van der Waals surface area contributed by atoms with Gasteiger partial charge in [0.2, 0.25) is 0 Å². The minimum atomic E-state index is -0.245. The molecule has 0 aromatic heterocycles. The Kier molecular flexibility index (Phi) is 6.03. The Bertz CT molecular complexity index is 334. The molecule has 0 bridgehead atoms. The molecule has 0 radical (unpaired) electrons. The maximum Gasteiger partial charge on any atom is 0.122 e. The summed E-state index contributed by atoms with van der Waals surface area (Å²) in [5.74, 6) is 1.41. The lowest BCUT2D eigenvalue weighted by atomic mass is 9.98. The molecule has 0 N–H and O–H groups in total. The molecule has 17 heavy (non-hydrogen) atoms. The molecule has 0 aliphatic carbocycles. The normalized spacial score (nSPS) is 10.9. The van der Waals surface area contributed by atoms with Crippen molar-refractivity contribution in [2.24, 2.45) is 0 Å². The summed E-state index contributed by atoms with van der Waals surface area (Å²) in [6, 6.07) is 6.23. The van der Waals surface area contributed by atoms with Gasteiger partial charge in [0.05, 0.1) is 13.3 Å². The number of aryl methyl sites for hydroxylation is 1. The van der Waals surface area contributed by atoms with Crippen LogP contribution in [0.5, 0.6) is 5.75 Å². The number of rotatable bonds is 7. The lowest BCUT2D eigenvalue weighted by Crippen LogP contribution is -2.01. The SMILES string of the molecule is CCCOc1ccc(CCCF)cc1C(C)C. The Morgan fingerprint density at radius 2 is 2.06 bits per heavy atom. The van der Waals surface area contributed by atoms with Gasteiger partial charge in [-0.2, -0.15) is 0 Å². The van der Waals surface area contributed by atoms with Crippen molar-refractivity contribution in [1.29, 1.82) is 0 Å². The Hall–Kier alpha value is -1.05. The Labute approximate surface area is 104 Å². The van der Waals surface area contributed by atoms with E-state index in [2.05, 4.69) is 26.8 Å². The predicted molar refractivity (Wildman–Crippen MR) is 70.6 cm³/mol. The maximum atomic E-state index is 12.2. The highest BCUT2D eigenvalue weighted by molar-refractivity contribution is 5.39. The fourth-order valence-corrected chi connectivity index (χ4v) is 1.82. The van der Waals surface area contributed by atoms with Gasteiger partial charge in [0.15, 0.2) is 0 Å². The minimum Gasteiger partial charge on any atom is -0.493 e. The molecule has 2 heteroatoms. The number of halogens is 1. The van der Waals surface area contributed by atoms with Crippen LogP contribution in [0.15, 0.2) is 18.2 Å². The summed E-state index contributed by atoms with van der Waals surface area (Å²) in [7, 11) is 0. The quantitative estimate of drug-likeness (QED) is 0.679. The standard InChI is InChI=1S/C15H23FO/c1-4-10-17-15-8-7-13(6-5-9-16)11-14(15)12(2)3/h7-8,11-12H,4-6,9-10H2,1-3H3. The van der Waals surface area contributed by atoms with E-state index in [4.69, 9.17) is 4.74 Å². The molecule has 0 amide bonds. The van der Waals surface area contributed by atoms with Crippen molar-refractivity contribution < 1.29 is 9.13 Å². The molecule has 0 saturated heterocycles. The van der Waals surface area contributed by atoms with Gasteiger partial charge in [0, 0.05) is 0 Å². The van der Waals surface area contributed by atoms with Crippen molar-refractivity contribution >= 4 is 0 Å². The van der Waals surface area contributed by atoms with E-state index in [9.17, 15) is 4.39 Å². The second-order valence-corrected chi connectivity index (χ2v) is 4.67. The second-order valence-electron chi connectivity index (χ2n) is 4.67. The van der Waals surface area contributed by atoms with Gasteiger partial charge < -0.3 is 4.74 Å². The van der Waals surface area contributed by atoms with Crippen LogP contribution in [0.2, 0.25) is 0 Å². The van der Waals surface area contributed by atoms with E-state index in [0.29, 0.717) is 12.3 Å². The second kappa shape index (κ2) is 7.31. The van der Waals surface area contributed by atoms with Crippen molar-refractivity contribution in [2.75, 3.05) is 13.3 Å². The van der Waals surface area contributed by atoms with Crippen LogP contribution in [0, 0.1) is 0 Å². The van der Waals surface area contributed by atoms with Crippen molar-refractivity contribution in [3.8, 4) is 5.75 Å². The summed E-state index contributed by atoms with van der Waals surface area (Å²) < 4.78 is 17.9. The third kappa shape index (κ3) is 4.37. The number of hydrogen-bond acceptors (Lipinski definition) is 1. The van der Waals surface area contributed by atoms with Crippen molar-refractivity contribution in [2.45, 2.75) is 46.0 Å². The molecule has 0 saturated carbocycles. The van der Waals surface area contributed by atoms with Gasteiger partial charge in [-0.1, -0.05) is 32.9 Å². The number of alkyl halides is 1. The van der Waals surface area contributed by atoms with Gasteiger partial charge >= 0.3 is 0 Å². The van der Waals surface area contributed by atoms with Crippen LogP contribution in [0.3, 0.4) is 0 Å². The fourth-order valence-electron chi connectivity index (χ4n) is 1.82. The Morgan fingerprint density at radius 3 is 2.65 bits per heavy atom. The topological polar surface area (TPSA) is 9.23 Å². The monoisotopic (exact) mass is 238 g/mol. The molecule has 1 nitrogen and oxygen atoms in total. The lowest BCUT2D eigenvalue weighted by molar-refractivity contribution is 0.313. The molecule has 0 aliphatic heterocycles. The van der Waals surface area contributed by atoms with Gasteiger partial charge in [-0.25, -0.2) is 0 Å². The first-order valence-corrected chi connectivity index (χ1v) is 6.50. The molecule has 0 unspecified atom stereocenters. The molecule has 0 aliphatic rings. The summed E-state index contributed by atoms with van der Waals surface area (Å²) in [6.45, 7) is 6.93. The summed E-state index contributed by atoms with van der Waals surface area (Å²) in [5, 5.41) is 0. The first-order chi connectivity index (χ1) is 8.19. The summed E-state index contributed by atoms with van der Waals surface area (Å²) in [5.41, 5.74) is 2.44. The maximum absolute atomic E-state index is 12.2. The zero-order chi connectivity index (χ0) is 12.7. The first-order valence-electron chi connectivity index (χ1n) is 6.50. The van der Waals surface area contributed by atoms with Crippen molar-refractivity contribution in [1.82, 2.24) is 0 Å². The molecular formula is C15H23FO. The molecule has 96 valence electrons.